The van der Waals surface area contributed by atoms with Crippen LogP contribution in [0.1, 0.15) is 25.7 Å². The number of nitrogens with two attached hydrogens (primary N) is 1. The summed E-state index contributed by atoms with van der Waals surface area (Å²) in [7, 11) is 0. The molecule has 1 aliphatic carbocycles. The van der Waals surface area contributed by atoms with Gasteiger partial charge in [-0.2, -0.15) is 5.26 Å². The minimum Gasteiger partial charge on any atom is -0.328 e. The second kappa shape index (κ2) is 4.54. The standard InChI is InChI=1S/C7H12N2.ClH/c8-5-6-1-3-7(9)4-2-6;/h6-7H,1-4,9H2;1H/t6-,7-;. The highest BCUT2D eigenvalue weighted by Crippen LogP contribution is 2.21. The van der Waals surface area contributed by atoms with E-state index in [4.69, 9.17) is 11.0 Å². The Morgan fingerprint density at radius 3 is 2.10 bits per heavy atom. The first-order chi connectivity index (χ1) is 4.33. The smallest absolute Gasteiger partial charge is 0.0655 e. The van der Waals surface area contributed by atoms with Crippen molar-refractivity contribution >= 4 is 12.4 Å². The number of halogens is 1. The van der Waals surface area contributed by atoms with Gasteiger partial charge < -0.3 is 5.73 Å². The molecule has 0 aromatic heterocycles. The molecule has 0 aromatic rings. The van der Waals surface area contributed by atoms with E-state index in [1.54, 1.807) is 0 Å². The van der Waals surface area contributed by atoms with E-state index in [-0.39, 0.29) is 12.4 Å². The van der Waals surface area contributed by atoms with Crippen molar-refractivity contribution in [1.82, 2.24) is 0 Å². The van der Waals surface area contributed by atoms with Gasteiger partial charge in [0.25, 0.3) is 0 Å². The first kappa shape index (κ1) is 9.74. The molecule has 1 saturated carbocycles. The third-order valence-corrected chi connectivity index (χ3v) is 1.95. The lowest BCUT2D eigenvalue weighted by atomic mass is 9.88. The summed E-state index contributed by atoms with van der Waals surface area (Å²) in [5, 5.41) is 8.49. The van der Waals surface area contributed by atoms with Crippen LogP contribution in [0.2, 0.25) is 0 Å². The lowest BCUT2D eigenvalue weighted by Crippen LogP contribution is -2.25. The zero-order valence-corrected chi connectivity index (χ0v) is 6.73. The van der Waals surface area contributed by atoms with Crippen molar-refractivity contribution in [1.29, 1.82) is 5.26 Å². The Hall–Kier alpha value is -0.260. The fraction of sp³-hybridized carbons (Fsp3) is 0.857. The van der Waals surface area contributed by atoms with Crippen LogP contribution in [0, 0.1) is 17.2 Å². The first-order valence-corrected chi connectivity index (χ1v) is 3.48. The maximum Gasteiger partial charge on any atom is 0.0655 e. The van der Waals surface area contributed by atoms with E-state index in [0.717, 1.165) is 25.7 Å². The van der Waals surface area contributed by atoms with Gasteiger partial charge in [0.05, 0.1) is 6.07 Å². The monoisotopic (exact) mass is 160 g/mol. The number of hydrogen-bond donors (Lipinski definition) is 1. The van der Waals surface area contributed by atoms with Crippen LogP contribution in [0.25, 0.3) is 0 Å². The van der Waals surface area contributed by atoms with Gasteiger partial charge in [0.2, 0.25) is 0 Å². The Morgan fingerprint density at radius 1 is 1.20 bits per heavy atom. The molecule has 0 atom stereocenters. The van der Waals surface area contributed by atoms with E-state index in [0.29, 0.717) is 12.0 Å². The minimum atomic E-state index is 0. The van der Waals surface area contributed by atoms with Gasteiger partial charge in [0.1, 0.15) is 0 Å². The van der Waals surface area contributed by atoms with Crippen LogP contribution in [0.15, 0.2) is 0 Å². The van der Waals surface area contributed by atoms with Gasteiger partial charge >= 0.3 is 0 Å². The Labute approximate surface area is 67.8 Å². The molecule has 0 bridgehead atoms. The lowest BCUT2D eigenvalue weighted by Gasteiger charge is -2.20. The van der Waals surface area contributed by atoms with E-state index in [1.807, 2.05) is 0 Å². The van der Waals surface area contributed by atoms with Crippen LogP contribution in [0.4, 0.5) is 0 Å². The van der Waals surface area contributed by atoms with Crippen molar-refractivity contribution < 1.29 is 0 Å². The molecule has 0 spiro atoms. The highest BCUT2D eigenvalue weighted by molar-refractivity contribution is 5.85. The van der Waals surface area contributed by atoms with Crippen molar-refractivity contribution in [2.24, 2.45) is 11.7 Å². The second-order valence-corrected chi connectivity index (χ2v) is 2.74. The van der Waals surface area contributed by atoms with Crippen LogP contribution in [-0.4, -0.2) is 6.04 Å². The van der Waals surface area contributed by atoms with Crippen molar-refractivity contribution in [2.45, 2.75) is 31.7 Å². The van der Waals surface area contributed by atoms with Crippen LogP contribution < -0.4 is 5.73 Å². The minimum absolute atomic E-state index is 0. The molecule has 0 saturated heterocycles. The summed E-state index contributed by atoms with van der Waals surface area (Å²) in [6.45, 7) is 0. The third-order valence-electron chi connectivity index (χ3n) is 1.95. The van der Waals surface area contributed by atoms with E-state index in [9.17, 15) is 0 Å². The molecule has 0 aromatic carbocycles. The average molecular weight is 161 g/mol. The van der Waals surface area contributed by atoms with Gasteiger partial charge in [-0.1, -0.05) is 0 Å². The molecule has 3 heteroatoms. The SMILES string of the molecule is Cl.N#C[C@H]1CC[C@H](N)CC1. The summed E-state index contributed by atoms with van der Waals surface area (Å²) in [5.74, 6) is 0.296. The summed E-state index contributed by atoms with van der Waals surface area (Å²) >= 11 is 0. The van der Waals surface area contributed by atoms with Crippen LogP contribution in [-0.2, 0) is 0 Å². The van der Waals surface area contributed by atoms with Crippen molar-refractivity contribution in [3.05, 3.63) is 0 Å². The van der Waals surface area contributed by atoms with Crippen LogP contribution in [0.5, 0.6) is 0 Å². The molecule has 1 fully saturated rings. The average Bonchev–Trinajstić information content (AvgIpc) is 1.90. The Morgan fingerprint density at radius 2 is 1.70 bits per heavy atom. The maximum atomic E-state index is 8.49. The van der Waals surface area contributed by atoms with Gasteiger partial charge in [0, 0.05) is 12.0 Å². The van der Waals surface area contributed by atoms with Gasteiger partial charge in [-0.25, -0.2) is 0 Å². The molecular formula is C7H13ClN2. The predicted molar refractivity (Wildman–Crippen MR) is 42.8 cm³/mol. The number of rotatable bonds is 0. The Balaban J connectivity index is 0.000000810. The molecule has 1 rings (SSSR count). The zero-order chi connectivity index (χ0) is 6.69. The Kier molecular flexibility index (Phi) is 4.42. The topological polar surface area (TPSA) is 49.8 Å². The second-order valence-electron chi connectivity index (χ2n) is 2.74. The molecular weight excluding hydrogens is 148 g/mol. The van der Waals surface area contributed by atoms with Gasteiger partial charge in [-0.15, -0.1) is 12.4 Å². The fourth-order valence-corrected chi connectivity index (χ4v) is 1.25. The van der Waals surface area contributed by atoms with Crippen molar-refractivity contribution in [2.75, 3.05) is 0 Å². The highest BCUT2D eigenvalue weighted by atomic mass is 35.5. The Bertz CT molecular complexity index is 122. The van der Waals surface area contributed by atoms with Gasteiger partial charge in [-0.3, -0.25) is 0 Å². The van der Waals surface area contributed by atoms with E-state index < -0.39 is 0 Å². The van der Waals surface area contributed by atoms with Crippen molar-refractivity contribution in [3.63, 3.8) is 0 Å². The molecule has 0 aliphatic heterocycles. The van der Waals surface area contributed by atoms with Crippen LogP contribution in [0.3, 0.4) is 0 Å². The summed E-state index contributed by atoms with van der Waals surface area (Å²) in [6.07, 6.45) is 4.10. The van der Waals surface area contributed by atoms with E-state index >= 15 is 0 Å². The van der Waals surface area contributed by atoms with Gasteiger partial charge in [0.15, 0.2) is 0 Å². The molecule has 0 unspecified atom stereocenters. The first-order valence-electron chi connectivity index (χ1n) is 3.48. The molecule has 0 heterocycles. The molecule has 2 N–H and O–H groups in total. The summed E-state index contributed by atoms with van der Waals surface area (Å²) in [6, 6.07) is 2.64. The summed E-state index contributed by atoms with van der Waals surface area (Å²) < 4.78 is 0. The molecule has 0 radical (unpaired) electrons. The summed E-state index contributed by atoms with van der Waals surface area (Å²) in [5.41, 5.74) is 5.64. The number of nitrogens with zero attached hydrogens (tertiary/aromatic N) is 1. The molecule has 58 valence electrons. The molecule has 10 heavy (non-hydrogen) atoms. The largest absolute Gasteiger partial charge is 0.328 e. The zero-order valence-electron chi connectivity index (χ0n) is 5.92. The van der Waals surface area contributed by atoms with Crippen LogP contribution >= 0.6 is 12.4 Å². The highest BCUT2D eigenvalue weighted by Gasteiger charge is 2.16. The lowest BCUT2D eigenvalue weighted by molar-refractivity contribution is 0.381. The predicted octanol–water partition coefficient (Wildman–Crippen LogP) is 1.45. The number of hydrogen-bond acceptors (Lipinski definition) is 2. The number of nitriles is 1. The third kappa shape index (κ3) is 2.55. The fourth-order valence-electron chi connectivity index (χ4n) is 1.25. The normalized spacial score (nSPS) is 32.0. The molecule has 1 aliphatic rings. The quantitative estimate of drug-likeness (QED) is 0.583. The summed E-state index contributed by atoms with van der Waals surface area (Å²) in [4.78, 5) is 0. The van der Waals surface area contributed by atoms with Gasteiger partial charge in [-0.05, 0) is 25.7 Å². The van der Waals surface area contributed by atoms with Crippen molar-refractivity contribution in [3.8, 4) is 6.07 Å². The molecule has 2 nitrogen and oxygen atoms in total. The molecule has 0 amide bonds. The van der Waals surface area contributed by atoms with E-state index in [2.05, 4.69) is 6.07 Å². The van der Waals surface area contributed by atoms with E-state index in [1.165, 1.54) is 0 Å². The maximum absolute atomic E-state index is 8.49.